The fourth-order valence-corrected chi connectivity index (χ4v) is 3.32. The highest BCUT2D eigenvalue weighted by atomic mass is 32.1. The van der Waals surface area contributed by atoms with Gasteiger partial charge < -0.3 is 15.4 Å². The second kappa shape index (κ2) is 6.58. The second-order valence-electron chi connectivity index (χ2n) is 5.59. The Morgan fingerprint density at radius 3 is 2.71 bits per heavy atom. The van der Waals surface area contributed by atoms with E-state index in [4.69, 9.17) is 4.74 Å². The first kappa shape index (κ1) is 16.0. The highest BCUT2D eigenvalue weighted by Gasteiger charge is 2.35. The van der Waals surface area contributed by atoms with E-state index in [1.54, 1.807) is 13.0 Å². The molecule has 0 aliphatic carbocycles. The van der Waals surface area contributed by atoms with Crippen LogP contribution < -0.4 is 10.6 Å². The van der Waals surface area contributed by atoms with E-state index in [1.165, 1.54) is 11.3 Å². The van der Waals surface area contributed by atoms with Gasteiger partial charge in [0.15, 0.2) is 0 Å². The first-order chi connectivity index (χ1) is 9.96. The minimum Gasteiger partial charge on any atom is -0.462 e. The van der Waals surface area contributed by atoms with Crippen LogP contribution in [-0.2, 0) is 9.53 Å². The maximum atomic E-state index is 12.5. The third-order valence-corrected chi connectivity index (χ3v) is 4.80. The fraction of sp³-hybridized carbons (Fsp3) is 0.600. The quantitative estimate of drug-likeness (QED) is 0.839. The standard InChI is InChI=1S/C15H22N2O3S/c1-4-20-13(18)11-9-10(2)21-12(11)17-14(19)15(3)5-7-16-8-6-15/h9,16H,4-8H2,1-3H3,(H,17,19). The molecule has 1 aliphatic rings. The molecule has 6 heteroatoms. The Morgan fingerprint density at radius 2 is 2.10 bits per heavy atom. The molecule has 5 nitrogen and oxygen atoms in total. The van der Waals surface area contributed by atoms with Crippen LogP contribution in [0.25, 0.3) is 0 Å². The molecule has 0 spiro atoms. The summed E-state index contributed by atoms with van der Waals surface area (Å²) in [6.45, 7) is 7.68. The van der Waals surface area contributed by atoms with Gasteiger partial charge in [0.2, 0.25) is 5.91 Å². The van der Waals surface area contributed by atoms with Crippen LogP contribution in [0.5, 0.6) is 0 Å². The van der Waals surface area contributed by atoms with Crippen LogP contribution >= 0.6 is 11.3 Å². The summed E-state index contributed by atoms with van der Waals surface area (Å²) in [7, 11) is 0. The molecule has 0 aromatic carbocycles. The van der Waals surface area contributed by atoms with Gasteiger partial charge in [0.25, 0.3) is 0 Å². The van der Waals surface area contributed by atoms with Crippen LogP contribution in [-0.4, -0.2) is 31.6 Å². The molecule has 2 N–H and O–H groups in total. The van der Waals surface area contributed by atoms with Gasteiger partial charge in [-0.3, -0.25) is 4.79 Å². The Balaban J connectivity index is 2.15. The Morgan fingerprint density at radius 1 is 1.43 bits per heavy atom. The van der Waals surface area contributed by atoms with Crippen molar-refractivity contribution in [2.75, 3.05) is 25.0 Å². The molecule has 1 fully saturated rings. The maximum Gasteiger partial charge on any atom is 0.341 e. The molecule has 21 heavy (non-hydrogen) atoms. The molecule has 1 aliphatic heterocycles. The number of rotatable bonds is 4. The number of thiophene rings is 1. The van der Waals surface area contributed by atoms with Crippen molar-refractivity contribution in [1.82, 2.24) is 5.32 Å². The average molecular weight is 310 g/mol. The molecule has 1 amide bonds. The summed E-state index contributed by atoms with van der Waals surface area (Å²) in [6.07, 6.45) is 1.61. The Kier molecular flexibility index (Phi) is 5.00. The summed E-state index contributed by atoms with van der Waals surface area (Å²) in [4.78, 5) is 25.5. The normalized spacial score (nSPS) is 17.3. The lowest BCUT2D eigenvalue weighted by Gasteiger charge is -2.32. The van der Waals surface area contributed by atoms with Crippen molar-refractivity contribution in [2.45, 2.75) is 33.6 Å². The molecule has 0 atom stereocenters. The van der Waals surface area contributed by atoms with E-state index in [9.17, 15) is 9.59 Å². The van der Waals surface area contributed by atoms with E-state index in [0.29, 0.717) is 17.2 Å². The topological polar surface area (TPSA) is 67.4 Å². The van der Waals surface area contributed by atoms with Crippen LogP contribution in [0.3, 0.4) is 0 Å². The number of piperidine rings is 1. The van der Waals surface area contributed by atoms with Gasteiger partial charge in [-0.25, -0.2) is 4.79 Å². The number of ether oxygens (including phenoxy) is 1. The number of aryl methyl sites for hydroxylation is 1. The predicted molar refractivity (Wildman–Crippen MR) is 83.9 cm³/mol. The zero-order valence-corrected chi connectivity index (χ0v) is 13.6. The number of nitrogens with one attached hydrogen (secondary N) is 2. The van der Waals surface area contributed by atoms with Crippen LogP contribution in [0.2, 0.25) is 0 Å². The molecule has 2 rings (SSSR count). The zero-order chi connectivity index (χ0) is 15.5. The summed E-state index contributed by atoms with van der Waals surface area (Å²) >= 11 is 1.41. The molecule has 2 heterocycles. The first-order valence-corrected chi connectivity index (χ1v) is 8.07. The monoisotopic (exact) mass is 310 g/mol. The van der Waals surface area contributed by atoms with Crippen LogP contribution in [0, 0.1) is 12.3 Å². The van der Waals surface area contributed by atoms with E-state index in [0.717, 1.165) is 30.8 Å². The molecule has 116 valence electrons. The van der Waals surface area contributed by atoms with Gasteiger partial charge in [0.05, 0.1) is 12.2 Å². The molecule has 0 saturated carbocycles. The van der Waals surface area contributed by atoms with Gasteiger partial charge in [-0.1, -0.05) is 6.92 Å². The highest BCUT2D eigenvalue weighted by molar-refractivity contribution is 7.16. The molecular formula is C15H22N2O3S. The van der Waals surface area contributed by atoms with E-state index in [1.807, 2.05) is 13.8 Å². The summed E-state index contributed by atoms with van der Waals surface area (Å²) in [5.41, 5.74) is 0.0694. The van der Waals surface area contributed by atoms with Crippen molar-refractivity contribution in [1.29, 1.82) is 0 Å². The van der Waals surface area contributed by atoms with Crippen LogP contribution in [0.4, 0.5) is 5.00 Å². The van der Waals surface area contributed by atoms with Crippen molar-refractivity contribution in [2.24, 2.45) is 5.41 Å². The van der Waals surface area contributed by atoms with Crippen molar-refractivity contribution < 1.29 is 14.3 Å². The molecule has 0 unspecified atom stereocenters. The number of anilines is 1. The SMILES string of the molecule is CCOC(=O)c1cc(C)sc1NC(=O)C1(C)CCNCC1. The summed E-state index contributed by atoms with van der Waals surface area (Å²) in [5.74, 6) is -0.399. The van der Waals surface area contributed by atoms with Gasteiger partial charge in [-0.05, 0) is 45.8 Å². The molecule has 0 radical (unpaired) electrons. The highest BCUT2D eigenvalue weighted by Crippen LogP contribution is 2.33. The molecule has 1 aromatic rings. The molecule has 1 saturated heterocycles. The van der Waals surface area contributed by atoms with Crippen molar-refractivity contribution in [3.05, 3.63) is 16.5 Å². The predicted octanol–water partition coefficient (Wildman–Crippen LogP) is 2.56. The van der Waals surface area contributed by atoms with Crippen LogP contribution in [0.15, 0.2) is 6.07 Å². The average Bonchev–Trinajstić information content (AvgIpc) is 2.81. The minimum atomic E-state index is -0.382. The lowest BCUT2D eigenvalue weighted by molar-refractivity contribution is -0.126. The number of amides is 1. The van der Waals surface area contributed by atoms with E-state index in [-0.39, 0.29) is 17.3 Å². The number of esters is 1. The Hall–Kier alpha value is -1.40. The summed E-state index contributed by atoms with van der Waals surface area (Å²) in [5, 5.41) is 6.78. The lowest BCUT2D eigenvalue weighted by Crippen LogP contribution is -2.42. The number of hydrogen-bond acceptors (Lipinski definition) is 5. The van der Waals surface area contributed by atoms with Crippen molar-refractivity contribution >= 4 is 28.2 Å². The van der Waals surface area contributed by atoms with E-state index < -0.39 is 0 Å². The van der Waals surface area contributed by atoms with Gasteiger partial charge in [-0.15, -0.1) is 11.3 Å². The van der Waals surface area contributed by atoms with Gasteiger partial charge in [0.1, 0.15) is 5.00 Å². The third-order valence-electron chi connectivity index (χ3n) is 3.83. The van der Waals surface area contributed by atoms with Gasteiger partial charge in [0, 0.05) is 10.3 Å². The van der Waals surface area contributed by atoms with E-state index in [2.05, 4.69) is 10.6 Å². The van der Waals surface area contributed by atoms with E-state index >= 15 is 0 Å². The number of carbonyl (C=O) groups is 2. The van der Waals surface area contributed by atoms with Gasteiger partial charge in [-0.2, -0.15) is 0 Å². The fourth-order valence-electron chi connectivity index (χ4n) is 2.43. The Labute approximate surface area is 129 Å². The largest absolute Gasteiger partial charge is 0.462 e. The second-order valence-corrected chi connectivity index (χ2v) is 6.84. The molecular weight excluding hydrogens is 288 g/mol. The number of carbonyl (C=O) groups excluding carboxylic acids is 2. The van der Waals surface area contributed by atoms with Crippen molar-refractivity contribution in [3.8, 4) is 0 Å². The molecule has 0 bridgehead atoms. The minimum absolute atomic E-state index is 0.0172. The smallest absolute Gasteiger partial charge is 0.341 e. The lowest BCUT2D eigenvalue weighted by atomic mass is 9.80. The Bertz CT molecular complexity index is 533. The third kappa shape index (κ3) is 3.63. The van der Waals surface area contributed by atoms with Crippen LogP contribution in [0.1, 0.15) is 41.9 Å². The summed E-state index contributed by atoms with van der Waals surface area (Å²) < 4.78 is 5.04. The zero-order valence-electron chi connectivity index (χ0n) is 12.7. The maximum absolute atomic E-state index is 12.5. The summed E-state index contributed by atoms with van der Waals surface area (Å²) in [6, 6.07) is 1.77. The number of hydrogen-bond donors (Lipinski definition) is 2. The molecule has 1 aromatic heterocycles. The van der Waals surface area contributed by atoms with Crippen molar-refractivity contribution in [3.63, 3.8) is 0 Å². The first-order valence-electron chi connectivity index (χ1n) is 7.26. The van der Waals surface area contributed by atoms with Gasteiger partial charge >= 0.3 is 5.97 Å².